The van der Waals surface area contributed by atoms with Gasteiger partial charge in [0.1, 0.15) is 0 Å². The van der Waals surface area contributed by atoms with Gasteiger partial charge in [-0.1, -0.05) is 30.3 Å². The van der Waals surface area contributed by atoms with Crippen LogP contribution in [-0.4, -0.2) is 36.8 Å². The third kappa shape index (κ3) is 3.23. The molecule has 0 spiro atoms. The van der Waals surface area contributed by atoms with E-state index in [9.17, 15) is 18.5 Å². The lowest BCUT2D eigenvalue weighted by molar-refractivity contribution is -0.387. The maximum atomic E-state index is 13.1. The molecule has 1 fully saturated rings. The fourth-order valence-electron chi connectivity index (χ4n) is 3.30. The van der Waals surface area contributed by atoms with E-state index in [1.807, 2.05) is 30.3 Å². The van der Waals surface area contributed by atoms with Crippen LogP contribution in [0, 0.1) is 24.0 Å². The van der Waals surface area contributed by atoms with Crippen LogP contribution in [0.4, 0.5) is 5.69 Å². The molecule has 26 heavy (non-hydrogen) atoms. The summed E-state index contributed by atoms with van der Waals surface area (Å²) in [6, 6.07) is 11.8. The van der Waals surface area contributed by atoms with E-state index in [0.29, 0.717) is 11.1 Å². The molecule has 2 aromatic rings. The van der Waals surface area contributed by atoms with Gasteiger partial charge in [-0.3, -0.25) is 10.1 Å². The van der Waals surface area contributed by atoms with Crippen LogP contribution in [0.1, 0.15) is 22.6 Å². The maximum Gasteiger partial charge on any atom is 0.289 e. The number of rotatable bonds is 4. The van der Waals surface area contributed by atoms with Crippen LogP contribution in [0.15, 0.2) is 47.4 Å². The average Bonchev–Trinajstić information content (AvgIpc) is 3.00. The van der Waals surface area contributed by atoms with E-state index in [4.69, 9.17) is 5.73 Å². The van der Waals surface area contributed by atoms with Crippen molar-refractivity contribution in [2.24, 2.45) is 5.73 Å². The molecular formula is C18H21N3O4S. The van der Waals surface area contributed by atoms with Crippen LogP contribution in [0.2, 0.25) is 0 Å². The molecule has 0 aromatic heterocycles. The van der Waals surface area contributed by atoms with E-state index in [1.54, 1.807) is 13.8 Å². The first-order valence-electron chi connectivity index (χ1n) is 8.28. The van der Waals surface area contributed by atoms with Crippen LogP contribution >= 0.6 is 0 Å². The van der Waals surface area contributed by atoms with Crippen LogP contribution in [-0.2, 0) is 10.0 Å². The largest absolute Gasteiger partial charge is 0.326 e. The highest BCUT2D eigenvalue weighted by atomic mass is 32.2. The Bertz CT molecular complexity index is 944. The lowest BCUT2D eigenvalue weighted by Gasteiger charge is -2.17. The van der Waals surface area contributed by atoms with Gasteiger partial charge in [0.25, 0.3) is 5.69 Å². The molecule has 2 N–H and O–H groups in total. The van der Waals surface area contributed by atoms with E-state index in [1.165, 1.54) is 16.4 Å². The Morgan fingerprint density at radius 3 is 2.35 bits per heavy atom. The summed E-state index contributed by atoms with van der Waals surface area (Å²) in [5.41, 5.74) is 8.12. The zero-order valence-corrected chi connectivity index (χ0v) is 15.4. The van der Waals surface area contributed by atoms with E-state index in [2.05, 4.69) is 0 Å². The van der Waals surface area contributed by atoms with E-state index in [-0.39, 0.29) is 29.9 Å². The fraction of sp³-hybridized carbons (Fsp3) is 0.333. The van der Waals surface area contributed by atoms with Crippen molar-refractivity contribution in [3.05, 3.63) is 69.3 Å². The van der Waals surface area contributed by atoms with E-state index in [0.717, 1.165) is 5.56 Å². The molecule has 0 radical (unpaired) electrons. The lowest BCUT2D eigenvalue weighted by Crippen LogP contribution is -2.32. The third-order valence-corrected chi connectivity index (χ3v) is 6.81. The number of benzene rings is 2. The van der Waals surface area contributed by atoms with Gasteiger partial charge in [-0.15, -0.1) is 0 Å². The van der Waals surface area contributed by atoms with Gasteiger partial charge in [-0.05, 0) is 36.6 Å². The first-order valence-corrected chi connectivity index (χ1v) is 9.72. The van der Waals surface area contributed by atoms with Crippen molar-refractivity contribution < 1.29 is 13.3 Å². The van der Waals surface area contributed by atoms with Crippen LogP contribution in [0.3, 0.4) is 0 Å². The second-order valence-electron chi connectivity index (χ2n) is 6.66. The minimum absolute atomic E-state index is 0.131. The monoisotopic (exact) mass is 375 g/mol. The van der Waals surface area contributed by atoms with Crippen molar-refractivity contribution in [1.82, 2.24) is 4.31 Å². The number of aryl methyl sites for hydroxylation is 2. The number of hydrogen-bond donors (Lipinski definition) is 1. The molecule has 0 unspecified atom stereocenters. The summed E-state index contributed by atoms with van der Waals surface area (Å²) >= 11 is 0. The van der Waals surface area contributed by atoms with Crippen molar-refractivity contribution in [2.75, 3.05) is 13.1 Å². The molecular weight excluding hydrogens is 354 g/mol. The Hall–Kier alpha value is -2.29. The van der Waals surface area contributed by atoms with Gasteiger partial charge in [-0.25, -0.2) is 8.42 Å². The number of nitro benzene ring substituents is 1. The molecule has 1 aliphatic rings. The van der Waals surface area contributed by atoms with Crippen molar-refractivity contribution in [3.8, 4) is 0 Å². The quantitative estimate of drug-likeness (QED) is 0.652. The Kier molecular flexibility index (Phi) is 4.83. The van der Waals surface area contributed by atoms with Gasteiger partial charge in [0.15, 0.2) is 4.90 Å². The smallest absolute Gasteiger partial charge is 0.289 e. The molecule has 3 rings (SSSR count). The first kappa shape index (κ1) is 18.5. The third-order valence-electron chi connectivity index (χ3n) is 4.95. The number of sulfonamides is 1. The van der Waals surface area contributed by atoms with Gasteiger partial charge in [0, 0.05) is 31.1 Å². The molecule has 1 heterocycles. The number of nitrogens with two attached hydrogens (primary N) is 1. The topological polar surface area (TPSA) is 107 Å². The molecule has 0 saturated carbocycles. The molecule has 1 aliphatic heterocycles. The lowest BCUT2D eigenvalue weighted by atomic mass is 9.95. The Morgan fingerprint density at radius 1 is 1.12 bits per heavy atom. The van der Waals surface area contributed by atoms with Crippen molar-refractivity contribution >= 4 is 15.7 Å². The fourth-order valence-corrected chi connectivity index (χ4v) is 5.03. The zero-order chi connectivity index (χ0) is 19.1. The molecule has 0 amide bonds. The number of nitrogens with zero attached hydrogens (tertiary/aromatic N) is 2. The number of nitro groups is 1. The number of hydrogen-bond acceptors (Lipinski definition) is 5. The predicted octanol–water partition coefficient (Wildman–Crippen LogP) is 2.33. The molecule has 2 atom stereocenters. The highest BCUT2D eigenvalue weighted by Gasteiger charge is 2.40. The zero-order valence-electron chi connectivity index (χ0n) is 14.6. The van der Waals surface area contributed by atoms with Gasteiger partial charge in [0.2, 0.25) is 10.0 Å². The normalized spacial score (nSPS) is 21.0. The average molecular weight is 375 g/mol. The van der Waals surface area contributed by atoms with Gasteiger partial charge < -0.3 is 5.73 Å². The molecule has 0 bridgehead atoms. The Labute approximate surface area is 152 Å². The van der Waals surface area contributed by atoms with Crippen molar-refractivity contribution in [1.29, 1.82) is 0 Å². The van der Waals surface area contributed by atoms with E-state index < -0.39 is 20.6 Å². The SMILES string of the molecule is Cc1cc([N+](=O)[O-])c(S(=O)(=O)N2C[C@@H](N)[C@H](c3ccccc3)C2)cc1C. The summed E-state index contributed by atoms with van der Waals surface area (Å²) in [6.45, 7) is 3.79. The first-order chi connectivity index (χ1) is 12.2. The maximum absolute atomic E-state index is 13.1. The minimum Gasteiger partial charge on any atom is -0.326 e. The standard InChI is InChI=1S/C18H21N3O4S/c1-12-8-17(21(22)23)18(9-13(12)2)26(24,25)20-10-15(16(19)11-20)14-6-4-3-5-7-14/h3-9,15-16H,10-11,19H2,1-2H3/t15-,16+/m0/s1. The Morgan fingerprint density at radius 2 is 1.73 bits per heavy atom. The van der Waals surface area contributed by atoms with E-state index >= 15 is 0 Å². The van der Waals surface area contributed by atoms with Crippen molar-refractivity contribution in [3.63, 3.8) is 0 Å². The molecule has 138 valence electrons. The van der Waals surface area contributed by atoms with Crippen LogP contribution in [0.25, 0.3) is 0 Å². The summed E-state index contributed by atoms with van der Waals surface area (Å²) in [5, 5.41) is 11.4. The summed E-state index contributed by atoms with van der Waals surface area (Å²) in [4.78, 5) is 10.5. The van der Waals surface area contributed by atoms with Crippen molar-refractivity contribution in [2.45, 2.75) is 30.7 Å². The van der Waals surface area contributed by atoms with Crippen LogP contribution < -0.4 is 5.73 Å². The molecule has 7 nitrogen and oxygen atoms in total. The van der Waals surface area contributed by atoms with Gasteiger partial charge >= 0.3 is 0 Å². The summed E-state index contributed by atoms with van der Waals surface area (Å²) in [7, 11) is -4.02. The predicted molar refractivity (Wildman–Crippen MR) is 98.5 cm³/mol. The molecule has 2 aromatic carbocycles. The highest BCUT2D eigenvalue weighted by molar-refractivity contribution is 7.89. The second-order valence-corrected chi connectivity index (χ2v) is 8.57. The minimum atomic E-state index is -4.02. The summed E-state index contributed by atoms with van der Waals surface area (Å²) in [5.74, 6) is -0.142. The molecule has 8 heteroatoms. The molecule has 1 saturated heterocycles. The molecule has 0 aliphatic carbocycles. The van der Waals surface area contributed by atoms with Gasteiger partial charge in [0.05, 0.1) is 4.92 Å². The van der Waals surface area contributed by atoms with Crippen LogP contribution in [0.5, 0.6) is 0 Å². The second kappa shape index (κ2) is 6.79. The summed E-state index contributed by atoms with van der Waals surface area (Å²) in [6.07, 6.45) is 0. The highest BCUT2D eigenvalue weighted by Crippen LogP contribution is 2.34. The Balaban J connectivity index is 2.00. The summed E-state index contributed by atoms with van der Waals surface area (Å²) < 4.78 is 27.5. The van der Waals surface area contributed by atoms with Gasteiger partial charge in [-0.2, -0.15) is 4.31 Å².